The summed E-state index contributed by atoms with van der Waals surface area (Å²) in [5, 5.41) is 0.863. The summed E-state index contributed by atoms with van der Waals surface area (Å²) in [6.45, 7) is 0.0561. The van der Waals surface area contributed by atoms with E-state index < -0.39 is 8.80 Å². The van der Waals surface area contributed by atoms with Gasteiger partial charge in [-0.1, -0.05) is 30.3 Å². The maximum Gasteiger partial charge on any atom is 0.539 e. The molecule has 0 aromatic heterocycles. The summed E-state index contributed by atoms with van der Waals surface area (Å²) in [4.78, 5) is 0.870. The number of hydrogen-bond donors (Lipinski definition) is 1. The maximum atomic E-state index is 5.81. The van der Waals surface area contributed by atoms with Gasteiger partial charge in [0.2, 0.25) is 0 Å². The molecule has 0 amide bonds. The molecule has 0 aliphatic rings. The van der Waals surface area contributed by atoms with Crippen LogP contribution in [0.2, 0.25) is 0 Å². The molecule has 0 aliphatic heterocycles. The maximum absolute atomic E-state index is 5.81. The van der Waals surface area contributed by atoms with E-state index in [1.807, 2.05) is 54.6 Å². The van der Waals surface area contributed by atoms with Gasteiger partial charge in [0, 0.05) is 24.3 Å². The predicted molar refractivity (Wildman–Crippen MR) is 86.1 cm³/mol. The van der Waals surface area contributed by atoms with Gasteiger partial charge in [0.1, 0.15) is 5.75 Å². The molecular formula is C15H18O4SSi. The minimum Gasteiger partial charge on any atom is -0.468 e. The molecule has 0 radical (unpaired) electrons. The van der Waals surface area contributed by atoms with Crippen LogP contribution in [0.15, 0.2) is 59.5 Å². The van der Waals surface area contributed by atoms with Gasteiger partial charge in [-0.05, 0) is 24.3 Å². The Kier molecular flexibility index (Phi) is 5.83. The van der Waals surface area contributed by atoms with Crippen LogP contribution in [0.3, 0.4) is 0 Å². The van der Waals surface area contributed by atoms with Crippen molar-refractivity contribution in [1.29, 1.82) is 0 Å². The summed E-state index contributed by atoms with van der Waals surface area (Å²) in [5.41, 5.74) is 0. The second kappa shape index (κ2) is 7.63. The Morgan fingerprint density at radius 1 is 0.905 bits per heavy atom. The average molecular weight is 322 g/mol. The van der Waals surface area contributed by atoms with Gasteiger partial charge in [0.15, 0.2) is 6.79 Å². The third-order valence-electron chi connectivity index (χ3n) is 2.98. The predicted octanol–water partition coefficient (Wildman–Crippen LogP) is 2.47. The third-order valence-corrected chi connectivity index (χ3v) is 5.89. The summed E-state index contributed by atoms with van der Waals surface area (Å²) in [6.07, 6.45) is 0. The van der Waals surface area contributed by atoms with Crippen LogP contribution in [0, 0.1) is 0 Å². The highest BCUT2D eigenvalue weighted by molar-refractivity contribution is 7.80. The summed E-state index contributed by atoms with van der Waals surface area (Å²) in [7, 11) is 0.197. The van der Waals surface area contributed by atoms with E-state index >= 15 is 0 Å². The molecule has 2 aromatic carbocycles. The number of thiol groups is 1. The quantitative estimate of drug-likeness (QED) is 0.483. The topological polar surface area (TPSA) is 36.9 Å². The molecule has 0 unspecified atom stereocenters. The fourth-order valence-electron chi connectivity index (χ4n) is 1.88. The van der Waals surface area contributed by atoms with Crippen LogP contribution in [0.5, 0.6) is 5.75 Å². The van der Waals surface area contributed by atoms with Crippen molar-refractivity contribution < 1.29 is 18.0 Å². The normalized spacial score (nSPS) is 11.4. The van der Waals surface area contributed by atoms with Crippen molar-refractivity contribution in [1.82, 2.24) is 0 Å². The zero-order valence-electron chi connectivity index (χ0n) is 12.0. The summed E-state index contributed by atoms with van der Waals surface area (Å²) < 4.78 is 22.4. The Morgan fingerprint density at radius 2 is 1.52 bits per heavy atom. The van der Waals surface area contributed by atoms with Gasteiger partial charge >= 0.3 is 8.80 Å². The Balaban J connectivity index is 2.06. The van der Waals surface area contributed by atoms with Crippen LogP contribution in [0.25, 0.3) is 0 Å². The third kappa shape index (κ3) is 4.09. The lowest BCUT2D eigenvalue weighted by Gasteiger charge is -2.26. The van der Waals surface area contributed by atoms with Crippen molar-refractivity contribution in [2.75, 3.05) is 21.0 Å². The highest BCUT2D eigenvalue weighted by Crippen LogP contribution is 2.13. The van der Waals surface area contributed by atoms with Gasteiger partial charge in [-0.2, -0.15) is 0 Å². The SMILES string of the molecule is CO[Si](OC)(OCOc1ccccc1)c1ccc(S)cc1. The first kappa shape index (κ1) is 16.1. The van der Waals surface area contributed by atoms with E-state index in [0.29, 0.717) is 0 Å². The van der Waals surface area contributed by atoms with Gasteiger partial charge in [0.25, 0.3) is 0 Å². The second-order valence-corrected chi connectivity index (χ2v) is 7.54. The van der Waals surface area contributed by atoms with Crippen molar-refractivity contribution in [3.8, 4) is 5.75 Å². The van der Waals surface area contributed by atoms with E-state index in [4.69, 9.17) is 18.0 Å². The first-order chi connectivity index (χ1) is 10.2. The molecule has 2 rings (SSSR count). The van der Waals surface area contributed by atoms with Crippen molar-refractivity contribution in [2.24, 2.45) is 0 Å². The van der Waals surface area contributed by atoms with Crippen LogP contribution in [0.1, 0.15) is 0 Å². The molecule has 112 valence electrons. The van der Waals surface area contributed by atoms with Crippen LogP contribution >= 0.6 is 12.6 Å². The smallest absolute Gasteiger partial charge is 0.468 e. The fraction of sp³-hybridized carbons (Fsp3) is 0.200. The van der Waals surface area contributed by atoms with Crippen molar-refractivity contribution >= 4 is 26.6 Å². The van der Waals surface area contributed by atoms with E-state index in [2.05, 4.69) is 12.6 Å². The Hall–Kier alpha value is -1.31. The van der Waals surface area contributed by atoms with Gasteiger partial charge in [0.05, 0.1) is 0 Å². The number of hydrogen-bond acceptors (Lipinski definition) is 5. The molecule has 2 aromatic rings. The highest BCUT2D eigenvalue weighted by atomic mass is 32.1. The molecule has 0 saturated heterocycles. The minimum atomic E-state index is -2.96. The molecule has 0 saturated carbocycles. The number of ether oxygens (including phenoxy) is 1. The van der Waals surface area contributed by atoms with Gasteiger partial charge in [-0.25, -0.2) is 0 Å². The first-order valence-electron chi connectivity index (χ1n) is 6.42. The zero-order valence-corrected chi connectivity index (χ0v) is 13.9. The highest BCUT2D eigenvalue weighted by Gasteiger charge is 2.42. The van der Waals surface area contributed by atoms with Crippen molar-refractivity contribution in [2.45, 2.75) is 4.90 Å². The molecular weight excluding hydrogens is 304 g/mol. The first-order valence-corrected chi connectivity index (χ1v) is 8.59. The number of para-hydroxylation sites is 1. The largest absolute Gasteiger partial charge is 0.539 e. The monoisotopic (exact) mass is 322 g/mol. The number of benzene rings is 2. The van der Waals surface area contributed by atoms with E-state index in [9.17, 15) is 0 Å². The molecule has 0 N–H and O–H groups in total. The van der Waals surface area contributed by atoms with Crippen molar-refractivity contribution in [3.05, 3.63) is 54.6 Å². The number of rotatable bonds is 7. The minimum absolute atomic E-state index is 0.0561. The van der Waals surface area contributed by atoms with Crippen LogP contribution in [-0.4, -0.2) is 29.8 Å². The Bertz CT molecular complexity index is 543. The van der Waals surface area contributed by atoms with Crippen LogP contribution in [-0.2, 0) is 13.3 Å². The molecule has 0 bridgehead atoms. The van der Waals surface area contributed by atoms with Gasteiger partial charge in [-0.15, -0.1) is 12.6 Å². The Labute approximate surface area is 131 Å². The van der Waals surface area contributed by atoms with E-state index in [1.165, 1.54) is 0 Å². The van der Waals surface area contributed by atoms with Crippen molar-refractivity contribution in [3.63, 3.8) is 0 Å². The molecule has 4 nitrogen and oxygen atoms in total. The fourth-order valence-corrected chi connectivity index (χ4v) is 3.86. The van der Waals surface area contributed by atoms with Gasteiger partial charge < -0.3 is 18.0 Å². The molecule has 0 heterocycles. The Morgan fingerprint density at radius 3 is 2.10 bits per heavy atom. The summed E-state index contributed by atoms with van der Waals surface area (Å²) in [5.74, 6) is 0.735. The van der Waals surface area contributed by atoms with Crippen LogP contribution < -0.4 is 9.92 Å². The lowest BCUT2D eigenvalue weighted by Crippen LogP contribution is -2.55. The van der Waals surface area contributed by atoms with Crippen LogP contribution in [0.4, 0.5) is 0 Å². The molecule has 6 heteroatoms. The molecule has 0 aliphatic carbocycles. The zero-order chi connectivity index (χ0) is 15.1. The van der Waals surface area contributed by atoms with Gasteiger partial charge in [-0.3, -0.25) is 0 Å². The average Bonchev–Trinajstić information content (AvgIpc) is 2.54. The molecule has 0 fully saturated rings. The lowest BCUT2D eigenvalue weighted by atomic mass is 10.3. The standard InChI is InChI=1S/C15H18O4SSi/c1-16-21(17-2,15-10-8-14(20)9-11-15)19-12-18-13-6-4-3-5-7-13/h3-11,20H,12H2,1-2H3. The molecule has 21 heavy (non-hydrogen) atoms. The van der Waals surface area contributed by atoms with E-state index in [1.54, 1.807) is 14.2 Å². The lowest BCUT2D eigenvalue weighted by molar-refractivity contribution is 0.0374. The summed E-state index contributed by atoms with van der Waals surface area (Å²) in [6, 6.07) is 17.0. The summed E-state index contributed by atoms with van der Waals surface area (Å²) >= 11 is 4.27. The van der Waals surface area contributed by atoms with E-state index in [0.717, 1.165) is 15.8 Å². The second-order valence-electron chi connectivity index (χ2n) is 4.23. The molecule has 0 atom stereocenters. The van der Waals surface area contributed by atoms with E-state index in [-0.39, 0.29) is 6.79 Å². The molecule has 0 spiro atoms.